The molecule has 3 aromatic heterocycles. The van der Waals surface area contributed by atoms with E-state index in [0.717, 1.165) is 41.4 Å². The van der Waals surface area contributed by atoms with Gasteiger partial charge >= 0.3 is 0 Å². The highest BCUT2D eigenvalue weighted by atomic mass is 16.5. The number of hydrogen-bond acceptors (Lipinski definition) is 7. The molecule has 0 bridgehead atoms. The van der Waals surface area contributed by atoms with E-state index in [1.165, 1.54) is 11.1 Å². The number of aromatic nitrogens is 4. The number of nitrogens with zero attached hydrogens (tertiary/aromatic N) is 5. The zero-order chi connectivity index (χ0) is 25.3. The lowest BCUT2D eigenvalue weighted by atomic mass is 9.78. The number of hydrogen-bond donors (Lipinski definition) is 1. The first-order chi connectivity index (χ1) is 17.3. The number of fused-ring (bicyclic) bond motifs is 2. The standard InChI is InChI=1S/C29H34N6O/c1-19(2)16-36-17-26-33-27(22-10-12-25(32-28(22)34-26)24-8-6-7-13-30-24)31-21-9-11-23-20(14-21)15-35(5)18-29(23,3)4/h6-14,19H,15-18H2,1-5H3,(H,31,32,33,34). The van der Waals surface area contributed by atoms with Gasteiger partial charge < -0.3 is 15.0 Å². The number of nitrogens with one attached hydrogen (secondary N) is 1. The Morgan fingerprint density at radius 1 is 1.03 bits per heavy atom. The minimum Gasteiger partial charge on any atom is -0.373 e. The molecule has 0 spiro atoms. The van der Waals surface area contributed by atoms with Gasteiger partial charge in [0, 0.05) is 37.0 Å². The number of benzene rings is 1. The van der Waals surface area contributed by atoms with Gasteiger partial charge in [-0.05, 0) is 60.5 Å². The third kappa shape index (κ3) is 5.22. The molecule has 5 rings (SSSR count). The topological polar surface area (TPSA) is 76.1 Å². The molecule has 1 aromatic carbocycles. The summed E-state index contributed by atoms with van der Waals surface area (Å²) in [5.41, 5.74) is 6.08. The average molecular weight is 483 g/mol. The molecule has 0 amide bonds. The molecule has 4 aromatic rings. The van der Waals surface area contributed by atoms with E-state index in [-0.39, 0.29) is 5.41 Å². The summed E-state index contributed by atoms with van der Waals surface area (Å²) >= 11 is 0. The second-order valence-electron chi connectivity index (χ2n) is 10.7. The van der Waals surface area contributed by atoms with Crippen molar-refractivity contribution in [3.63, 3.8) is 0 Å². The van der Waals surface area contributed by atoms with Crippen LogP contribution in [0.1, 0.15) is 44.6 Å². The first-order valence-corrected chi connectivity index (χ1v) is 12.5. The Labute approximate surface area is 213 Å². The van der Waals surface area contributed by atoms with Crippen LogP contribution in [-0.2, 0) is 23.3 Å². The number of likely N-dealkylation sites (N-methyl/N-ethyl adjacent to an activating group) is 1. The van der Waals surface area contributed by atoms with Crippen molar-refractivity contribution < 1.29 is 4.74 Å². The van der Waals surface area contributed by atoms with E-state index in [1.807, 2.05) is 30.3 Å². The van der Waals surface area contributed by atoms with E-state index in [2.05, 4.69) is 68.1 Å². The van der Waals surface area contributed by atoms with Crippen LogP contribution in [0.15, 0.2) is 54.7 Å². The molecular weight excluding hydrogens is 448 g/mol. The summed E-state index contributed by atoms with van der Waals surface area (Å²) in [6.07, 6.45) is 1.77. The summed E-state index contributed by atoms with van der Waals surface area (Å²) in [6, 6.07) is 16.4. The molecule has 1 aliphatic rings. The van der Waals surface area contributed by atoms with Gasteiger partial charge in [-0.25, -0.2) is 15.0 Å². The average Bonchev–Trinajstić information content (AvgIpc) is 2.83. The van der Waals surface area contributed by atoms with Crippen molar-refractivity contribution in [2.45, 2.75) is 46.3 Å². The van der Waals surface area contributed by atoms with Crippen LogP contribution in [0.25, 0.3) is 22.4 Å². The number of ether oxygens (including phenoxy) is 1. The minimum atomic E-state index is 0.120. The molecule has 7 nitrogen and oxygen atoms in total. The maximum Gasteiger partial charge on any atom is 0.165 e. The lowest BCUT2D eigenvalue weighted by Crippen LogP contribution is -2.39. The largest absolute Gasteiger partial charge is 0.373 e. The van der Waals surface area contributed by atoms with Gasteiger partial charge in [0.15, 0.2) is 11.5 Å². The SMILES string of the molecule is CC(C)COCc1nc(Nc2ccc3c(c2)CN(C)CC3(C)C)c2ccc(-c3ccccn3)nc2n1. The molecule has 0 unspecified atom stereocenters. The Balaban J connectivity index is 1.53. The summed E-state index contributed by atoms with van der Waals surface area (Å²) in [5, 5.41) is 4.42. The van der Waals surface area contributed by atoms with E-state index < -0.39 is 0 Å². The van der Waals surface area contributed by atoms with E-state index in [9.17, 15) is 0 Å². The molecular formula is C29H34N6O. The van der Waals surface area contributed by atoms with Gasteiger partial charge in [-0.2, -0.15) is 0 Å². The Morgan fingerprint density at radius 3 is 2.67 bits per heavy atom. The molecule has 0 saturated carbocycles. The summed E-state index contributed by atoms with van der Waals surface area (Å²) in [6.45, 7) is 11.8. The van der Waals surface area contributed by atoms with Gasteiger partial charge in [-0.1, -0.05) is 39.8 Å². The second kappa shape index (κ2) is 9.91. The van der Waals surface area contributed by atoms with Crippen molar-refractivity contribution >= 4 is 22.5 Å². The zero-order valence-electron chi connectivity index (χ0n) is 21.7. The molecule has 36 heavy (non-hydrogen) atoms. The van der Waals surface area contributed by atoms with Crippen molar-refractivity contribution in [3.8, 4) is 11.4 Å². The molecule has 0 radical (unpaired) electrons. The molecule has 1 aliphatic heterocycles. The number of rotatable bonds is 7. The van der Waals surface area contributed by atoms with Crippen LogP contribution in [0, 0.1) is 5.92 Å². The number of anilines is 2. The molecule has 7 heteroatoms. The summed E-state index contributed by atoms with van der Waals surface area (Å²) < 4.78 is 5.86. The fourth-order valence-electron chi connectivity index (χ4n) is 4.96. The molecule has 0 atom stereocenters. The lowest BCUT2D eigenvalue weighted by molar-refractivity contribution is 0.0925. The van der Waals surface area contributed by atoms with E-state index in [0.29, 0.717) is 30.6 Å². The summed E-state index contributed by atoms with van der Waals surface area (Å²) in [5.74, 6) is 1.77. The van der Waals surface area contributed by atoms with Gasteiger partial charge in [-0.3, -0.25) is 4.98 Å². The van der Waals surface area contributed by atoms with Crippen LogP contribution in [0.4, 0.5) is 11.5 Å². The van der Waals surface area contributed by atoms with E-state index in [4.69, 9.17) is 19.7 Å². The quantitative estimate of drug-likeness (QED) is 0.361. The Bertz CT molecular complexity index is 1370. The molecule has 0 saturated heterocycles. The Hall–Kier alpha value is -3.42. The first-order valence-electron chi connectivity index (χ1n) is 12.5. The minimum absolute atomic E-state index is 0.120. The summed E-state index contributed by atoms with van der Waals surface area (Å²) in [7, 11) is 2.18. The van der Waals surface area contributed by atoms with Gasteiger partial charge in [0.05, 0.1) is 16.8 Å². The van der Waals surface area contributed by atoms with Crippen LogP contribution in [0.3, 0.4) is 0 Å². The van der Waals surface area contributed by atoms with Crippen LogP contribution in [0.2, 0.25) is 0 Å². The van der Waals surface area contributed by atoms with Crippen molar-refractivity contribution in [2.75, 3.05) is 25.5 Å². The van der Waals surface area contributed by atoms with Crippen LogP contribution in [-0.4, -0.2) is 45.0 Å². The monoisotopic (exact) mass is 482 g/mol. The van der Waals surface area contributed by atoms with Crippen LogP contribution in [0.5, 0.6) is 0 Å². The van der Waals surface area contributed by atoms with Crippen molar-refractivity contribution in [1.82, 2.24) is 24.8 Å². The molecule has 0 aliphatic carbocycles. The van der Waals surface area contributed by atoms with E-state index >= 15 is 0 Å². The normalized spacial score (nSPS) is 15.3. The fourth-order valence-corrected chi connectivity index (χ4v) is 4.96. The number of pyridine rings is 2. The van der Waals surface area contributed by atoms with Crippen LogP contribution >= 0.6 is 0 Å². The molecule has 1 N–H and O–H groups in total. The van der Waals surface area contributed by atoms with Crippen molar-refractivity contribution in [2.24, 2.45) is 5.92 Å². The van der Waals surface area contributed by atoms with Crippen molar-refractivity contribution in [3.05, 3.63) is 71.7 Å². The second-order valence-corrected chi connectivity index (χ2v) is 10.7. The Morgan fingerprint density at radius 2 is 1.89 bits per heavy atom. The van der Waals surface area contributed by atoms with E-state index in [1.54, 1.807) is 6.20 Å². The predicted octanol–water partition coefficient (Wildman–Crippen LogP) is 5.73. The van der Waals surface area contributed by atoms with Gasteiger partial charge in [0.25, 0.3) is 0 Å². The van der Waals surface area contributed by atoms with Gasteiger partial charge in [0.2, 0.25) is 0 Å². The highest BCUT2D eigenvalue weighted by Gasteiger charge is 2.30. The maximum absolute atomic E-state index is 5.86. The van der Waals surface area contributed by atoms with Gasteiger partial charge in [0.1, 0.15) is 12.4 Å². The lowest BCUT2D eigenvalue weighted by Gasteiger charge is -2.38. The third-order valence-corrected chi connectivity index (χ3v) is 6.42. The van der Waals surface area contributed by atoms with Crippen LogP contribution < -0.4 is 5.32 Å². The molecule has 0 fully saturated rings. The predicted molar refractivity (Wildman–Crippen MR) is 144 cm³/mol. The molecule has 4 heterocycles. The maximum atomic E-state index is 5.86. The molecule has 186 valence electrons. The smallest absolute Gasteiger partial charge is 0.165 e. The summed E-state index contributed by atoms with van der Waals surface area (Å²) in [4.78, 5) is 21.2. The van der Waals surface area contributed by atoms with Gasteiger partial charge in [-0.15, -0.1) is 0 Å². The first kappa shape index (κ1) is 24.3. The zero-order valence-corrected chi connectivity index (χ0v) is 21.7. The third-order valence-electron chi connectivity index (χ3n) is 6.42. The van der Waals surface area contributed by atoms with Crippen molar-refractivity contribution in [1.29, 1.82) is 0 Å². The fraction of sp³-hybridized carbons (Fsp3) is 0.379. The highest BCUT2D eigenvalue weighted by Crippen LogP contribution is 2.35. The Kier molecular flexibility index (Phi) is 6.69. The highest BCUT2D eigenvalue weighted by molar-refractivity contribution is 5.90.